The fourth-order valence-electron chi connectivity index (χ4n) is 4.60. The molecule has 3 fully saturated rings. The van der Waals surface area contributed by atoms with Crippen LogP contribution in [0.15, 0.2) is 12.7 Å². The number of hydrogen-bond acceptors (Lipinski definition) is 7. The number of hydrogen-bond donors (Lipinski definition) is 0. The van der Waals surface area contributed by atoms with Crippen LogP contribution in [0.3, 0.4) is 0 Å². The lowest BCUT2D eigenvalue weighted by molar-refractivity contribution is -0.190. The van der Waals surface area contributed by atoms with Gasteiger partial charge in [-0.05, 0) is 26.7 Å². The first-order valence-electron chi connectivity index (χ1n) is 10.1. The number of rotatable bonds is 3. The average Bonchev–Trinajstić information content (AvgIpc) is 3.38. The third kappa shape index (κ3) is 3.06. The van der Waals surface area contributed by atoms with Gasteiger partial charge in [0.05, 0.1) is 12.4 Å². The Balaban J connectivity index is 1.50. The number of terminal acetylenes is 1. The van der Waals surface area contributed by atoms with Gasteiger partial charge in [-0.2, -0.15) is 5.12 Å². The van der Waals surface area contributed by atoms with Gasteiger partial charge >= 0.3 is 0 Å². The first-order chi connectivity index (χ1) is 14.0. The Morgan fingerprint density at radius 1 is 1.17 bits per heavy atom. The van der Waals surface area contributed by atoms with E-state index >= 15 is 4.48 Å². The second kappa shape index (κ2) is 6.90. The molecule has 2 aromatic rings. The van der Waals surface area contributed by atoms with Gasteiger partial charge in [0.25, 0.3) is 0 Å². The Hall–Kier alpha value is -2.28. The average molecular weight is 401 g/mol. The van der Waals surface area contributed by atoms with Gasteiger partial charge in [0.15, 0.2) is 29.0 Å². The van der Waals surface area contributed by atoms with Crippen LogP contribution in [0.1, 0.15) is 52.2 Å². The molecule has 29 heavy (non-hydrogen) atoms. The molecular weight excluding hydrogens is 377 g/mol. The second-order valence-corrected chi connectivity index (χ2v) is 8.30. The third-order valence-electron chi connectivity index (χ3n) is 5.90. The molecule has 0 bridgehead atoms. The fourth-order valence-corrected chi connectivity index (χ4v) is 4.60. The van der Waals surface area contributed by atoms with E-state index in [1.165, 1.54) is 6.33 Å². The maximum atomic E-state index is 15.2. The van der Waals surface area contributed by atoms with Crippen molar-refractivity contribution >= 4 is 17.0 Å². The number of fused-ring (bicyclic) bond motifs is 2. The summed E-state index contributed by atoms with van der Waals surface area (Å²) >= 11 is 0. The molecule has 154 valence electrons. The number of anilines is 1. The van der Waals surface area contributed by atoms with Crippen molar-refractivity contribution in [2.45, 2.75) is 82.3 Å². The van der Waals surface area contributed by atoms with Crippen molar-refractivity contribution < 1.29 is 18.7 Å². The molecule has 0 spiro atoms. The molecular formula is C20H24FN5O3. The van der Waals surface area contributed by atoms with E-state index in [0.717, 1.165) is 37.2 Å². The molecule has 0 unspecified atom stereocenters. The Kier molecular flexibility index (Phi) is 4.46. The molecule has 3 aliphatic rings. The minimum Gasteiger partial charge on any atom is -0.341 e. The monoisotopic (exact) mass is 401 g/mol. The maximum Gasteiger partial charge on any atom is 0.189 e. The smallest absolute Gasteiger partial charge is 0.189 e. The standard InChI is InChI=1S/C20H24FN5O3/c1-4-13-15-16(29-20(2,3)28-15)19(27-13)25-11-24-14-17(25)22-10-23-18(14)26(21)12-8-6-5-7-9-12/h1,10-13,15-16,19H,5-9H2,2-3H3/t13-,15-,16+,19-/m1/s1. The number of imidazole rings is 1. The van der Waals surface area contributed by atoms with E-state index < -0.39 is 30.3 Å². The largest absolute Gasteiger partial charge is 0.341 e. The predicted octanol–water partition coefficient (Wildman–Crippen LogP) is 2.90. The predicted molar refractivity (Wildman–Crippen MR) is 102 cm³/mol. The highest BCUT2D eigenvalue weighted by molar-refractivity contribution is 5.83. The SMILES string of the molecule is C#C[C@H]1O[C@@H](n2cnc3c(N(F)C4CCCCC4)ncnc32)[C@H]2OC(C)(C)O[C@@H]21. The zero-order valence-corrected chi connectivity index (χ0v) is 16.5. The summed E-state index contributed by atoms with van der Waals surface area (Å²) in [5, 5.41) is 0.751. The summed E-state index contributed by atoms with van der Waals surface area (Å²) in [6, 6.07) is -0.183. The first kappa shape index (κ1) is 18.7. The third-order valence-corrected chi connectivity index (χ3v) is 5.90. The maximum absolute atomic E-state index is 15.2. The Labute approximate surface area is 168 Å². The summed E-state index contributed by atoms with van der Waals surface area (Å²) in [5.74, 6) is 2.05. The highest BCUT2D eigenvalue weighted by atomic mass is 19.2. The van der Waals surface area contributed by atoms with Gasteiger partial charge in [-0.1, -0.05) is 29.7 Å². The fraction of sp³-hybridized carbons (Fsp3) is 0.650. The molecule has 1 saturated carbocycles. The number of ether oxygens (including phenoxy) is 3. The van der Waals surface area contributed by atoms with E-state index in [-0.39, 0.29) is 11.9 Å². The molecule has 2 aromatic heterocycles. The van der Waals surface area contributed by atoms with Gasteiger partial charge in [0, 0.05) is 0 Å². The molecule has 5 rings (SSSR count). The van der Waals surface area contributed by atoms with Crippen molar-refractivity contribution in [3.05, 3.63) is 12.7 Å². The molecule has 0 N–H and O–H groups in total. The summed E-state index contributed by atoms with van der Waals surface area (Å²) < 4.78 is 34.9. The Morgan fingerprint density at radius 3 is 2.69 bits per heavy atom. The lowest BCUT2D eigenvalue weighted by Crippen LogP contribution is -2.31. The van der Waals surface area contributed by atoms with Crippen molar-refractivity contribution in [3.8, 4) is 12.3 Å². The highest BCUT2D eigenvalue weighted by Gasteiger charge is 2.55. The molecule has 4 heterocycles. The van der Waals surface area contributed by atoms with Crippen molar-refractivity contribution in [1.29, 1.82) is 0 Å². The number of nitrogens with zero attached hydrogens (tertiary/aromatic N) is 5. The molecule has 2 saturated heterocycles. The number of halogens is 1. The van der Waals surface area contributed by atoms with Gasteiger partial charge in [0.2, 0.25) is 0 Å². The lowest BCUT2D eigenvalue weighted by atomic mass is 9.95. The Bertz CT molecular complexity index is 951. The van der Waals surface area contributed by atoms with E-state index in [0.29, 0.717) is 11.2 Å². The van der Waals surface area contributed by atoms with Crippen LogP contribution in [-0.2, 0) is 14.2 Å². The van der Waals surface area contributed by atoms with Crippen LogP contribution in [0.5, 0.6) is 0 Å². The number of aromatic nitrogens is 4. The van der Waals surface area contributed by atoms with Crippen molar-refractivity contribution in [1.82, 2.24) is 19.5 Å². The van der Waals surface area contributed by atoms with E-state index in [1.807, 2.05) is 13.8 Å². The quantitative estimate of drug-likeness (QED) is 0.578. The van der Waals surface area contributed by atoms with Gasteiger partial charge in [-0.3, -0.25) is 4.57 Å². The second-order valence-electron chi connectivity index (χ2n) is 8.30. The highest BCUT2D eigenvalue weighted by Crippen LogP contribution is 2.44. The van der Waals surface area contributed by atoms with Crippen LogP contribution in [0.2, 0.25) is 0 Å². The normalized spacial score (nSPS) is 31.7. The first-order valence-corrected chi connectivity index (χ1v) is 10.1. The molecule has 8 nitrogen and oxygen atoms in total. The van der Waals surface area contributed by atoms with Crippen molar-refractivity contribution in [3.63, 3.8) is 0 Å². The van der Waals surface area contributed by atoms with Crippen molar-refractivity contribution in [2.75, 3.05) is 5.12 Å². The van der Waals surface area contributed by atoms with Crippen LogP contribution >= 0.6 is 0 Å². The Morgan fingerprint density at radius 2 is 1.93 bits per heavy atom. The van der Waals surface area contributed by atoms with E-state index in [9.17, 15) is 0 Å². The topological polar surface area (TPSA) is 74.5 Å². The summed E-state index contributed by atoms with van der Waals surface area (Å²) in [6.07, 6.45) is 11.4. The van der Waals surface area contributed by atoms with Crippen LogP contribution in [0.25, 0.3) is 11.2 Å². The summed E-state index contributed by atoms with van der Waals surface area (Å²) in [4.78, 5) is 12.9. The van der Waals surface area contributed by atoms with Crippen LogP contribution < -0.4 is 5.12 Å². The van der Waals surface area contributed by atoms with Crippen LogP contribution in [-0.4, -0.2) is 49.7 Å². The van der Waals surface area contributed by atoms with E-state index in [4.69, 9.17) is 20.6 Å². The molecule has 0 amide bonds. The minimum atomic E-state index is -0.764. The van der Waals surface area contributed by atoms with Gasteiger partial charge < -0.3 is 14.2 Å². The van der Waals surface area contributed by atoms with Gasteiger partial charge in [0.1, 0.15) is 24.6 Å². The zero-order valence-electron chi connectivity index (χ0n) is 16.5. The molecule has 2 aliphatic heterocycles. The molecule has 1 aliphatic carbocycles. The van der Waals surface area contributed by atoms with Crippen molar-refractivity contribution in [2.24, 2.45) is 0 Å². The van der Waals surface area contributed by atoms with E-state index in [1.54, 1.807) is 10.9 Å². The molecule has 9 heteroatoms. The van der Waals surface area contributed by atoms with Gasteiger partial charge in [-0.25, -0.2) is 15.0 Å². The minimum absolute atomic E-state index is 0.183. The summed E-state index contributed by atoms with van der Waals surface area (Å²) in [5.41, 5.74) is 0.867. The van der Waals surface area contributed by atoms with Gasteiger partial charge in [-0.15, -0.1) is 6.42 Å². The molecule has 0 aromatic carbocycles. The zero-order chi connectivity index (χ0) is 20.2. The van der Waals surface area contributed by atoms with Crippen LogP contribution in [0, 0.1) is 12.3 Å². The summed E-state index contributed by atoms with van der Waals surface area (Å²) in [7, 11) is 0. The van der Waals surface area contributed by atoms with E-state index in [2.05, 4.69) is 20.9 Å². The lowest BCUT2D eigenvalue weighted by Gasteiger charge is -2.27. The molecule has 4 atom stereocenters. The van der Waals surface area contributed by atoms with Crippen LogP contribution in [0.4, 0.5) is 10.3 Å². The molecule has 0 radical (unpaired) electrons. The summed E-state index contributed by atoms with van der Waals surface area (Å²) in [6.45, 7) is 3.68.